The van der Waals surface area contributed by atoms with Crippen molar-refractivity contribution in [1.29, 1.82) is 0 Å². The highest BCUT2D eigenvalue weighted by Gasteiger charge is 2.05. The molecule has 3 N–H and O–H groups in total. The highest BCUT2D eigenvalue weighted by atomic mass is 32.1. The number of carbonyl (C=O) groups excluding carboxylic acids is 2. The summed E-state index contributed by atoms with van der Waals surface area (Å²) in [7, 11) is 0. The van der Waals surface area contributed by atoms with E-state index in [0.717, 1.165) is 11.3 Å². The molecule has 0 heterocycles. The SMILES string of the molecule is CCC(=O)NC(=S)Nc1ccc(NC(=O)CCc2ccccc2)cc1. The summed E-state index contributed by atoms with van der Waals surface area (Å²) in [4.78, 5) is 23.3. The topological polar surface area (TPSA) is 70.2 Å². The largest absolute Gasteiger partial charge is 0.332 e. The molecule has 0 aliphatic carbocycles. The van der Waals surface area contributed by atoms with E-state index in [2.05, 4.69) is 16.0 Å². The van der Waals surface area contributed by atoms with Crippen molar-refractivity contribution in [3.8, 4) is 0 Å². The molecule has 0 atom stereocenters. The second-order valence-electron chi connectivity index (χ2n) is 5.47. The van der Waals surface area contributed by atoms with E-state index in [1.807, 2.05) is 30.3 Å². The molecule has 6 heteroatoms. The fraction of sp³-hybridized carbons (Fsp3) is 0.211. The van der Waals surface area contributed by atoms with Gasteiger partial charge in [-0.25, -0.2) is 0 Å². The van der Waals surface area contributed by atoms with Crippen molar-refractivity contribution in [2.75, 3.05) is 10.6 Å². The van der Waals surface area contributed by atoms with Crippen molar-refractivity contribution < 1.29 is 9.59 Å². The van der Waals surface area contributed by atoms with Crippen LogP contribution in [0.2, 0.25) is 0 Å². The molecule has 0 saturated carbocycles. The first-order valence-electron chi connectivity index (χ1n) is 8.11. The molecule has 0 fully saturated rings. The summed E-state index contributed by atoms with van der Waals surface area (Å²) in [5.74, 6) is -0.171. The summed E-state index contributed by atoms with van der Waals surface area (Å²) in [6.07, 6.45) is 1.50. The summed E-state index contributed by atoms with van der Waals surface area (Å²) in [5.41, 5.74) is 2.59. The van der Waals surface area contributed by atoms with Gasteiger partial charge in [0.15, 0.2) is 5.11 Å². The number of hydrogen-bond donors (Lipinski definition) is 3. The lowest BCUT2D eigenvalue weighted by Crippen LogP contribution is -2.33. The van der Waals surface area contributed by atoms with Gasteiger partial charge in [-0.1, -0.05) is 37.3 Å². The molecule has 0 spiro atoms. The van der Waals surface area contributed by atoms with Crippen LogP contribution in [0.4, 0.5) is 11.4 Å². The molecular formula is C19H21N3O2S. The van der Waals surface area contributed by atoms with Gasteiger partial charge in [-0.2, -0.15) is 0 Å². The fourth-order valence-electron chi connectivity index (χ4n) is 2.14. The van der Waals surface area contributed by atoms with Gasteiger partial charge >= 0.3 is 0 Å². The molecule has 2 aromatic carbocycles. The Hall–Kier alpha value is -2.73. The maximum atomic E-state index is 12.0. The Morgan fingerprint density at radius 2 is 1.48 bits per heavy atom. The predicted molar refractivity (Wildman–Crippen MR) is 104 cm³/mol. The molecule has 25 heavy (non-hydrogen) atoms. The molecule has 0 radical (unpaired) electrons. The van der Waals surface area contributed by atoms with E-state index in [0.29, 0.717) is 24.9 Å². The lowest BCUT2D eigenvalue weighted by molar-refractivity contribution is -0.119. The Labute approximate surface area is 152 Å². The molecule has 2 rings (SSSR count). The third-order valence-corrected chi connectivity index (χ3v) is 3.69. The Kier molecular flexibility index (Phi) is 7.10. The van der Waals surface area contributed by atoms with Crippen LogP contribution in [0.25, 0.3) is 0 Å². The van der Waals surface area contributed by atoms with Crippen LogP contribution < -0.4 is 16.0 Å². The molecule has 0 aromatic heterocycles. The number of anilines is 2. The Morgan fingerprint density at radius 1 is 0.880 bits per heavy atom. The summed E-state index contributed by atoms with van der Waals surface area (Å²) >= 11 is 5.05. The molecule has 0 unspecified atom stereocenters. The van der Waals surface area contributed by atoms with Crippen LogP contribution in [0.5, 0.6) is 0 Å². The second-order valence-corrected chi connectivity index (χ2v) is 5.88. The van der Waals surface area contributed by atoms with Gasteiger partial charge in [0.2, 0.25) is 11.8 Å². The highest BCUT2D eigenvalue weighted by Crippen LogP contribution is 2.14. The number of hydrogen-bond acceptors (Lipinski definition) is 3. The van der Waals surface area contributed by atoms with Gasteiger partial charge in [0, 0.05) is 24.2 Å². The quantitative estimate of drug-likeness (QED) is 0.694. The first-order chi connectivity index (χ1) is 12.1. The summed E-state index contributed by atoms with van der Waals surface area (Å²) in [6.45, 7) is 1.76. The van der Waals surface area contributed by atoms with Crippen molar-refractivity contribution in [2.45, 2.75) is 26.2 Å². The van der Waals surface area contributed by atoms with Gasteiger partial charge in [-0.05, 0) is 48.5 Å². The summed E-state index contributed by atoms with van der Waals surface area (Å²) in [6, 6.07) is 17.0. The average Bonchev–Trinajstić information content (AvgIpc) is 2.62. The zero-order valence-corrected chi connectivity index (χ0v) is 14.9. The maximum absolute atomic E-state index is 12.0. The smallest absolute Gasteiger partial charge is 0.225 e. The molecule has 0 aliphatic rings. The van der Waals surface area contributed by atoms with Crippen LogP contribution in [-0.4, -0.2) is 16.9 Å². The van der Waals surface area contributed by atoms with Crippen LogP contribution >= 0.6 is 12.2 Å². The molecular weight excluding hydrogens is 334 g/mol. The first kappa shape index (κ1) is 18.6. The Morgan fingerprint density at radius 3 is 2.08 bits per heavy atom. The van der Waals surface area contributed by atoms with Gasteiger partial charge in [0.05, 0.1) is 0 Å². The number of carbonyl (C=O) groups is 2. The van der Waals surface area contributed by atoms with Gasteiger partial charge in [-0.3, -0.25) is 9.59 Å². The minimum Gasteiger partial charge on any atom is -0.332 e. The average molecular weight is 355 g/mol. The van der Waals surface area contributed by atoms with Crippen LogP contribution in [0.3, 0.4) is 0 Å². The van der Waals surface area contributed by atoms with Crippen LogP contribution in [0, 0.1) is 0 Å². The van der Waals surface area contributed by atoms with Crippen LogP contribution in [-0.2, 0) is 16.0 Å². The lowest BCUT2D eigenvalue weighted by Gasteiger charge is -2.10. The number of aryl methyl sites for hydroxylation is 1. The minimum atomic E-state index is -0.139. The number of benzene rings is 2. The zero-order chi connectivity index (χ0) is 18.1. The first-order valence-corrected chi connectivity index (χ1v) is 8.52. The molecule has 130 valence electrons. The highest BCUT2D eigenvalue weighted by molar-refractivity contribution is 7.80. The predicted octanol–water partition coefficient (Wildman–Crippen LogP) is 3.48. The lowest BCUT2D eigenvalue weighted by atomic mass is 10.1. The third kappa shape index (κ3) is 6.73. The van der Waals surface area contributed by atoms with E-state index >= 15 is 0 Å². The van der Waals surface area contributed by atoms with Crippen molar-refractivity contribution >= 4 is 40.5 Å². The normalized spacial score (nSPS) is 9.96. The second kappa shape index (κ2) is 9.54. The van der Waals surface area contributed by atoms with Crippen molar-refractivity contribution in [2.24, 2.45) is 0 Å². The number of nitrogens with one attached hydrogen (secondary N) is 3. The Balaban J connectivity index is 1.80. The van der Waals surface area contributed by atoms with E-state index in [-0.39, 0.29) is 16.9 Å². The Bertz CT molecular complexity index is 730. The maximum Gasteiger partial charge on any atom is 0.225 e. The van der Waals surface area contributed by atoms with Gasteiger partial charge in [0.1, 0.15) is 0 Å². The van der Waals surface area contributed by atoms with E-state index in [4.69, 9.17) is 12.2 Å². The van der Waals surface area contributed by atoms with Crippen molar-refractivity contribution in [3.63, 3.8) is 0 Å². The third-order valence-electron chi connectivity index (χ3n) is 3.48. The van der Waals surface area contributed by atoms with Gasteiger partial charge in [0.25, 0.3) is 0 Å². The fourth-order valence-corrected chi connectivity index (χ4v) is 2.37. The summed E-state index contributed by atoms with van der Waals surface area (Å²) in [5, 5.41) is 8.61. The molecule has 5 nitrogen and oxygen atoms in total. The molecule has 0 saturated heterocycles. The minimum absolute atomic E-state index is 0.0321. The van der Waals surface area contributed by atoms with E-state index < -0.39 is 0 Å². The van der Waals surface area contributed by atoms with Crippen molar-refractivity contribution in [3.05, 3.63) is 60.2 Å². The molecule has 2 amide bonds. The summed E-state index contributed by atoms with van der Waals surface area (Å²) < 4.78 is 0. The van der Waals surface area contributed by atoms with Gasteiger partial charge < -0.3 is 16.0 Å². The van der Waals surface area contributed by atoms with Crippen molar-refractivity contribution in [1.82, 2.24) is 5.32 Å². The van der Waals surface area contributed by atoms with Crippen LogP contribution in [0.15, 0.2) is 54.6 Å². The van der Waals surface area contributed by atoms with E-state index in [1.165, 1.54) is 0 Å². The molecule has 0 aliphatic heterocycles. The molecule has 0 bridgehead atoms. The van der Waals surface area contributed by atoms with E-state index in [9.17, 15) is 9.59 Å². The van der Waals surface area contributed by atoms with Crippen LogP contribution in [0.1, 0.15) is 25.3 Å². The standard InChI is InChI=1S/C19H21N3O2S/c1-2-17(23)22-19(25)21-16-11-9-15(10-12-16)20-18(24)13-8-14-6-4-3-5-7-14/h3-7,9-12H,2,8,13H2,1H3,(H,20,24)(H2,21,22,23,25). The molecule has 2 aromatic rings. The monoisotopic (exact) mass is 355 g/mol. The number of rotatable bonds is 6. The van der Waals surface area contributed by atoms with Gasteiger partial charge in [-0.15, -0.1) is 0 Å². The number of amides is 2. The zero-order valence-electron chi connectivity index (χ0n) is 14.0. The van der Waals surface area contributed by atoms with E-state index in [1.54, 1.807) is 31.2 Å². The number of thiocarbonyl (C=S) groups is 1.